The largest absolute Gasteiger partial charge is 0.390 e. The number of likely N-dealkylation sites (tertiary alicyclic amines) is 1. The quantitative estimate of drug-likeness (QED) is 0.868. The molecule has 2 rings (SSSR count). The van der Waals surface area contributed by atoms with Gasteiger partial charge in [-0.05, 0) is 59.3 Å². The fraction of sp³-hybridized carbons (Fsp3) is 0.625. The molecule has 1 aliphatic rings. The predicted molar refractivity (Wildman–Crippen MR) is 75.9 cm³/mol. The van der Waals surface area contributed by atoms with Gasteiger partial charge in [-0.25, -0.2) is 0 Å². The highest BCUT2D eigenvalue weighted by Gasteiger charge is 2.46. The molecule has 0 radical (unpaired) electrons. The lowest BCUT2D eigenvalue weighted by Crippen LogP contribution is -2.53. The molecule has 0 saturated carbocycles. The normalized spacial score (nSPS) is 20.9. The van der Waals surface area contributed by atoms with Gasteiger partial charge < -0.3 is 10.0 Å². The van der Waals surface area contributed by atoms with Crippen molar-refractivity contribution in [1.82, 2.24) is 4.90 Å². The second-order valence-electron chi connectivity index (χ2n) is 6.31. The molecule has 1 fully saturated rings. The minimum atomic E-state index is -0.679. The number of aryl methyl sites for hydroxylation is 1. The van der Waals surface area contributed by atoms with Crippen LogP contribution in [0.4, 0.5) is 0 Å². The highest BCUT2D eigenvalue weighted by Crippen LogP contribution is 2.44. The van der Waals surface area contributed by atoms with E-state index in [4.69, 9.17) is 0 Å². The summed E-state index contributed by atoms with van der Waals surface area (Å²) in [6.07, 6.45) is 2.05. The van der Waals surface area contributed by atoms with Crippen LogP contribution in [0.15, 0.2) is 24.3 Å². The molecule has 1 heterocycles. The molecule has 0 bridgehead atoms. The summed E-state index contributed by atoms with van der Waals surface area (Å²) in [4.78, 5) is 2.35. The van der Waals surface area contributed by atoms with Crippen LogP contribution in [0.25, 0.3) is 0 Å². The van der Waals surface area contributed by atoms with Crippen LogP contribution >= 0.6 is 0 Å². The molecule has 100 valence electrons. The minimum Gasteiger partial charge on any atom is -0.390 e. The van der Waals surface area contributed by atoms with E-state index in [0.717, 1.165) is 25.9 Å². The third-order valence-corrected chi connectivity index (χ3v) is 4.58. The van der Waals surface area contributed by atoms with Crippen LogP contribution < -0.4 is 0 Å². The summed E-state index contributed by atoms with van der Waals surface area (Å²) in [5.74, 6) is 0. The van der Waals surface area contributed by atoms with Crippen LogP contribution in [0, 0.1) is 6.92 Å². The van der Waals surface area contributed by atoms with Crippen molar-refractivity contribution in [3.63, 3.8) is 0 Å². The molecule has 1 saturated heterocycles. The molecule has 0 atom stereocenters. The molecule has 0 aromatic heterocycles. The van der Waals surface area contributed by atoms with Gasteiger partial charge >= 0.3 is 0 Å². The van der Waals surface area contributed by atoms with Crippen LogP contribution in [0.3, 0.4) is 0 Å². The summed E-state index contributed by atoms with van der Waals surface area (Å²) in [7, 11) is 2.16. The average molecular weight is 247 g/mol. The summed E-state index contributed by atoms with van der Waals surface area (Å²) in [5.41, 5.74) is 1.78. The van der Waals surface area contributed by atoms with Crippen LogP contribution in [0.5, 0.6) is 0 Å². The predicted octanol–water partition coefficient (Wildman–Crippen LogP) is 2.73. The zero-order valence-corrected chi connectivity index (χ0v) is 12.0. The van der Waals surface area contributed by atoms with Gasteiger partial charge in [0, 0.05) is 5.41 Å². The Morgan fingerprint density at radius 3 is 2.33 bits per heavy atom. The van der Waals surface area contributed by atoms with Crippen LogP contribution in [-0.4, -0.2) is 35.7 Å². The molecule has 2 heteroatoms. The van der Waals surface area contributed by atoms with E-state index in [-0.39, 0.29) is 5.41 Å². The highest BCUT2D eigenvalue weighted by atomic mass is 16.3. The first-order valence-electron chi connectivity index (χ1n) is 6.83. The van der Waals surface area contributed by atoms with Gasteiger partial charge in [-0.3, -0.25) is 0 Å². The van der Waals surface area contributed by atoms with Gasteiger partial charge in [0.15, 0.2) is 0 Å². The molecule has 1 N–H and O–H groups in total. The lowest BCUT2D eigenvalue weighted by atomic mass is 9.63. The summed E-state index contributed by atoms with van der Waals surface area (Å²) in [6.45, 7) is 8.15. The Bertz CT molecular complexity index is 411. The third kappa shape index (κ3) is 2.32. The lowest BCUT2D eigenvalue weighted by molar-refractivity contribution is -0.0362. The van der Waals surface area contributed by atoms with Crippen molar-refractivity contribution in [3.8, 4) is 0 Å². The van der Waals surface area contributed by atoms with Gasteiger partial charge in [0.05, 0.1) is 5.60 Å². The summed E-state index contributed by atoms with van der Waals surface area (Å²) >= 11 is 0. The average Bonchev–Trinajstić information content (AvgIpc) is 2.28. The fourth-order valence-electron chi connectivity index (χ4n) is 3.20. The molecule has 0 aliphatic carbocycles. The SMILES string of the molecule is Cc1cccc(C2(C(C)(C)O)CCN(C)CC2)c1. The molecule has 0 amide bonds. The zero-order valence-electron chi connectivity index (χ0n) is 12.0. The molecule has 0 spiro atoms. The Kier molecular flexibility index (Phi) is 3.52. The third-order valence-electron chi connectivity index (χ3n) is 4.58. The Morgan fingerprint density at radius 1 is 1.22 bits per heavy atom. The van der Waals surface area contributed by atoms with Gasteiger partial charge in [0.2, 0.25) is 0 Å². The Balaban J connectivity index is 2.43. The molecule has 18 heavy (non-hydrogen) atoms. The van der Waals surface area contributed by atoms with E-state index in [1.165, 1.54) is 11.1 Å². The second-order valence-corrected chi connectivity index (χ2v) is 6.31. The summed E-state index contributed by atoms with van der Waals surface area (Å²) < 4.78 is 0. The van der Waals surface area contributed by atoms with Crippen molar-refractivity contribution >= 4 is 0 Å². The van der Waals surface area contributed by atoms with Gasteiger partial charge in [-0.15, -0.1) is 0 Å². The lowest BCUT2D eigenvalue weighted by Gasteiger charge is -2.48. The van der Waals surface area contributed by atoms with Gasteiger partial charge in [-0.1, -0.05) is 29.8 Å². The van der Waals surface area contributed by atoms with Crippen molar-refractivity contribution < 1.29 is 5.11 Å². The minimum absolute atomic E-state index is 0.106. The van der Waals surface area contributed by atoms with E-state index in [0.29, 0.717) is 0 Å². The van der Waals surface area contributed by atoms with E-state index in [2.05, 4.69) is 43.1 Å². The topological polar surface area (TPSA) is 23.5 Å². The summed E-state index contributed by atoms with van der Waals surface area (Å²) in [5, 5.41) is 10.7. The Morgan fingerprint density at radius 2 is 1.83 bits per heavy atom. The molecule has 2 nitrogen and oxygen atoms in total. The van der Waals surface area contributed by atoms with E-state index >= 15 is 0 Å². The Labute approximate surface area is 111 Å². The van der Waals surface area contributed by atoms with E-state index in [1.54, 1.807) is 0 Å². The number of hydrogen-bond donors (Lipinski definition) is 1. The van der Waals surface area contributed by atoms with E-state index < -0.39 is 5.60 Å². The summed E-state index contributed by atoms with van der Waals surface area (Å²) in [6, 6.07) is 8.65. The maximum atomic E-state index is 10.7. The van der Waals surface area contributed by atoms with Crippen molar-refractivity contribution in [1.29, 1.82) is 0 Å². The maximum absolute atomic E-state index is 10.7. The van der Waals surface area contributed by atoms with Gasteiger partial charge in [0.25, 0.3) is 0 Å². The molecule has 1 aromatic carbocycles. The second kappa shape index (κ2) is 4.67. The van der Waals surface area contributed by atoms with Crippen LogP contribution in [-0.2, 0) is 5.41 Å². The van der Waals surface area contributed by atoms with Crippen molar-refractivity contribution in [2.45, 2.75) is 44.6 Å². The first kappa shape index (κ1) is 13.6. The van der Waals surface area contributed by atoms with Gasteiger partial charge in [-0.2, -0.15) is 0 Å². The van der Waals surface area contributed by atoms with Crippen molar-refractivity contribution in [2.24, 2.45) is 0 Å². The fourth-order valence-corrected chi connectivity index (χ4v) is 3.20. The standard InChI is InChI=1S/C16H25NO/c1-13-6-5-7-14(12-13)16(15(2,3)18)8-10-17(4)11-9-16/h5-7,12,18H,8-11H2,1-4H3. The van der Waals surface area contributed by atoms with Crippen LogP contribution in [0.2, 0.25) is 0 Å². The van der Waals surface area contributed by atoms with Crippen molar-refractivity contribution in [2.75, 3.05) is 20.1 Å². The molecular formula is C16H25NO. The van der Waals surface area contributed by atoms with Crippen LogP contribution in [0.1, 0.15) is 37.8 Å². The van der Waals surface area contributed by atoms with E-state index in [1.807, 2.05) is 13.8 Å². The molecule has 1 aromatic rings. The monoisotopic (exact) mass is 247 g/mol. The van der Waals surface area contributed by atoms with Gasteiger partial charge in [0.1, 0.15) is 0 Å². The number of rotatable bonds is 2. The number of aliphatic hydroxyl groups is 1. The smallest absolute Gasteiger partial charge is 0.0688 e. The highest BCUT2D eigenvalue weighted by molar-refractivity contribution is 5.33. The zero-order chi connectivity index (χ0) is 13.4. The molecule has 1 aliphatic heterocycles. The first-order chi connectivity index (χ1) is 8.35. The number of hydrogen-bond acceptors (Lipinski definition) is 2. The van der Waals surface area contributed by atoms with E-state index in [9.17, 15) is 5.11 Å². The first-order valence-corrected chi connectivity index (χ1v) is 6.83. The number of piperidine rings is 1. The number of nitrogens with zero attached hydrogens (tertiary/aromatic N) is 1. The Hall–Kier alpha value is -0.860. The number of benzene rings is 1. The maximum Gasteiger partial charge on any atom is 0.0688 e. The van der Waals surface area contributed by atoms with Crippen molar-refractivity contribution in [3.05, 3.63) is 35.4 Å². The molecular weight excluding hydrogens is 222 g/mol. The molecule has 0 unspecified atom stereocenters.